The van der Waals surface area contributed by atoms with E-state index in [1.54, 1.807) is 6.21 Å². The van der Waals surface area contributed by atoms with E-state index in [1.165, 1.54) is 5.56 Å². The number of ether oxygens (including phenoxy) is 1. The Labute approximate surface area is 181 Å². The largest absolute Gasteiger partial charge is 0.487 e. The Bertz CT molecular complexity index is 961. The minimum atomic E-state index is 0.507. The summed E-state index contributed by atoms with van der Waals surface area (Å²) in [6.07, 6.45) is 1.81. The van der Waals surface area contributed by atoms with Crippen molar-refractivity contribution >= 4 is 55.4 Å². The van der Waals surface area contributed by atoms with Gasteiger partial charge in [0.1, 0.15) is 12.4 Å². The number of aryl methyl sites for hydroxylation is 2. The maximum absolute atomic E-state index is 6.16. The molecular weight excluding hydrogens is 490 g/mol. The van der Waals surface area contributed by atoms with Crippen molar-refractivity contribution in [3.63, 3.8) is 0 Å². The topological polar surface area (TPSA) is 21.6 Å². The van der Waals surface area contributed by atoms with Gasteiger partial charge in [0, 0.05) is 11.2 Å². The van der Waals surface area contributed by atoms with Crippen LogP contribution < -0.4 is 4.74 Å². The highest BCUT2D eigenvalue weighted by molar-refractivity contribution is 9.11. The van der Waals surface area contributed by atoms with Crippen LogP contribution in [0.5, 0.6) is 5.75 Å². The van der Waals surface area contributed by atoms with E-state index >= 15 is 0 Å². The summed E-state index contributed by atoms with van der Waals surface area (Å²) >= 11 is 13.3. The summed E-state index contributed by atoms with van der Waals surface area (Å²) < 4.78 is 7.72. The van der Waals surface area contributed by atoms with Crippen molar-refractivity contribution in [2.75, 3.05) is 0 Å². The molecule has 0 radical (unpaired) electrons. The molecule has 0 spiro atoms. The van der Waals surface area contributed by atoms with E-state index < -0.39 is 0 Å². The first-order valence-electron chi connectivity index (χ1n) is 8.40. The standard InChI is InChI=1S/C22H18Br2ClNO/c1-14-3-6-16(7-4-14)13-27-22-19(23)9-17(10-20(22)24)12-26-18-8-5-15(2)21(25)11-18/h3-12H,13H2,1-2H3. The van der Waals surface area contributed by atoms with Crippen LogP contribution in [0.15, 0.2) is 68.5 Å². The molecular formula is C22H18Br2ClNO. The molecule has 0 aliphatic heterocycles. The number of rotatable bonds is 5. The Kier molecular flexibility index (Phi) is 6.74. The predicted molar refractivity (Wildman–Crippen MR) is 121 cm³/mol. The van der Waals surface area contributed by atoms with Crippen LogP contribution in [-0.2, 0) is 6.61 Å². The van der Waals surface area contributed by atoms with E-state index in [-0.39, 0.29) is 0 Å². The van der Waals surface area contributed by atoms with Crippen molar-refractivity contribution in [2.45, 2.75) is 20.5 Å². The summed E-state index contributed by atoms with van der Waals surface area (Å²) in [5.74, 6) is 0.770. The number of hydrogen-bond donors (Lipinski definition) is 0. The molecule has 0 atom stereocenters. The van der Waals surface area contributed by atoms with Gasteiger partial charge in [-0.05, 0) is 86.7 Å². The SMILES string of the molecule is Cc1ccc(COc2c(Br)cc(C=Nc3ccc(C)c(Cl)c3)cc2Br)cc1. The fraction of sp³-hybridized carbons (Fsp3) is 0.136. The molecule has 138 valence electrons. The highest BCUT2D eigenvalue weighted by Crippen LogP contribution is 2.35. The first-order valence-corrected chi connectivity index (χ1v) is 10.4. The van der Waals surface area contributed by atoms with E-state index in [2.05, 4.69) is 68.0 Å². The third-order valence-corrected chi connectivity index (χ3v) is 5.63. The average molecular weight is 508 g/mol. The minimum Gasteiger partial charge on any atom is -0.487 e. The van der Waals surface area contributed by atoms with Crippen molar-refractivity contribution in [2.24, 2.45) is 4.99 Å². The Hall–Kier alpha value is -1.62. The summed E-state index contributed by atoms with van der Waals surface area (Å²) in [4.78, 5) is 4.50. The number of benzene rings is 3. The van der Waals surface area contributed by atoms with E-state index in [0.29, 0.717) is 11.6 Å². The second-order valence-electron chi connectivity index (χ2n) is 6.28. The van der Waals surface area contributed by atoms with Gasteiger partial charge in [0.05, 0.1) is 14.6 Å². The summed E-state index contributed by atoms with van der Waals surface area (Å²) in [5, 5.41) is 0.715. The molecule has 27 heavy (non-hydrogen) atoms. The molecule has 0 fully saturated rings. The number of halogens is 3. The Morgan fingerprint density at radius 3 is 2.26 bits per heavy atom. The van der Waals surface area contributed by atoms with Gasteiger partial charge in [-0.1, -0.05) is 47.5 Å². The molecule has 2 nitrogen and oxygen atoms in total. The molecule has 5 heteroatoms. The minimum absolute atomic E-state index is 0.507. The first kappa shape index (κ1) is 20.1. The zero-order valence-electron chi connectivity index (χ0n) is 15.0. The van der Waals surface area contributed by atoms with Gasteiger partial charge < -0.3 is 4.74 Å². The molecule has 0 amide bonds. The van der Waals surface area contributed by atoms with Crippen molar-refractivity contribution < 1.29 is 4.74 Å². The number of hydrogen-bond acceptors (Lipinski definition) is 2. The van der Waals surface area contributed by atoms with Gasteiger partial charge in [-0.25, -0.2) is 0 Å². The molecule has 3 aromatic carbocycles. The number of aliphatic imine (C=N–C) groups is 1. The van der Waals surface area contributed by atoms with Crippen LogP contribution in [0.25, 0.3) is 0 Å². The molecule has 0 aliphatic rings. The zero-order valence-corrected chi connectivity index (χ0v) is 18.9. The van der Waals surface area contributed by atoms with Gasteiger partial charge in [-0.15, -0.1) is 0 Å². The molecule has 0 unspecified atom stereocenters. The van der Waals surface area contributed by atoms with Gasteiger partial charge in [-0.3, -0.25) is 4.99 Å². The second kappa shape index (κ2) is 9.05. The van der Waals surface area contributed by atoms with Gasteiger partial charge in [0.15, 0.2) is 0 Å². The Balaban J connectivity index is 1.74. The lowest BCUT2D eigenvalue weighted by atomic mass is 10.2. The molecule has 0 saturated carbocycles. The van der Waals surface area contributed by atoms with Crippen LogP contribution >= 0.6 is 43.5 Å². The smallest absolute Gasteiger partial charge is 0.148 e. The zero-order chi connectivity index (χ0) is 19.4. The van der Waals surface area contributed by atoms with Gasteiger partial charge >= 0.3 is 0 Å². The summed E-state index contributed by atoms with van der Waals surface area (Å²) in [5.41, 5.74) is 5.17. The summed E-state index contributed by atoms with van der Waals surface area (Å²) in [7, 11) is 0. The second-order valence-corrected chi connectivity index (χ2v) is 8.40. The quantitative estimate of drug-likeness (QED) is 0.323. The van der Waals surface area contributed by atoms with E-state index in [0.717, 1.165) is 37.1 Å². The average Bonchev–Trinajstić information content (AvgIpc) is 2.63. The molecule has 0 aliphatic carbocycles. The third kappa shape index (κ3) is 5.44. The summed E-state index contributed by atoms with van der Waals surface area (Å²) in [6.45, 7) is 4.55. The number of nitrogens with zero attached hydrogens (tertiary/aromatic N) is 1. The van der Waals surface area contributed by atoms with Crippen LogP contribution in [0.4, 0.5) is 5.69 Å². The Morgan fingerprint density at radius 1 is 0.963 bits per heavy atom. The fourth-order valence-corrected chi connectivity index (χ4v) is 4.07. The van der Waals surface area contributed by atoms with E-state index in [4.69, 9.17) is 16.3 Å². The van der Waals surface area contributed by atoms with Crippen molar-refractivity contribution in [3.8, 4) is 5.75 Å². The van der Waals surface area contributed by atoms with Gasteiger partial charge in [0.25, 0.3) is 0 Å². The van der Waals surface area contributed by atoms with Crippen molar-refractivity contribution in [3.05, 3.63) is 90.8 Å². The summed E-state index contributed by atoms with van der Waals surface area (Å²) in [6, 6.07) is 18.0. The van der Waals surface area contributed by atoms with Gasteiger partial charge in [0.2, 0.25) is 0 Å². The monoisotopic (exact) mass is 505 g/mol. The molecule has 0 saturated heterocycles. The fourth-order valence-electron chi connectivity index (χ4n) is 2.44. The molecule has 0 aromatic heterocycles. The van der Waals surface area contributed by atoms with Crippen LogP contribution in [0.1, 0.15) is 22.3 Å². The van der Waals surface area contributed by atoms with E-state index in [9.17, 15) is 0 Å². The molecule has 0 bridgehead atoms. The molecule has 0 N–H and O–H groups in total. The van der Waals surface area contributed by atoms with E-state index in [1.807, 2.05) is 37.3 Å². The van der Waals surface area contributed by atoms with Crippen molar-refractivity contribution in [1.29, 1.82) is 0 Å². The van der Waals surface area contributed by atoms with Crippen LogP contribution in [0.2, 0.25) is 5.02 Å². The first-order chi connectivity index (χ1) is 12.9. The van der Waals surface area contributed by atoms with Crippen molar-refractivity contribution in [1.82, 2.24) is 0 Å². The Morgan fingerprint density at radius 2 is 1.63 bits per heavy atom. The highest BCUT2D eigenvalue weighted by Gasteiger charge is 2.09. The van der Waals surface area contributed by atoms with Gasteiger partial charge in [-0.2, -0.15) is 0 Å². The normalized spacial score (nSPS) is 11.1. The molecule has 3 aromatic rings. The van der Waals surface area contributed by atoms with Crippen LogP contribution in [-0.4, -0.2) is 6.21 Å². The lowest BCUT2D eigenvalue weighted by Crippen LogP contribution is -1.98. The lowest BCUT2D eigenvalue weighted by Gasteiger charge is -2.11. The molecule has 3 rings (SSSR count). The highest BCUT2D eigenvalue weighted by atomic mass is 79.9. The maximum Gasteiger partial charge on any atom is 0.148 e. The maximum atomic E-state index is 6.16. The molecule has 0 heterocycles. The van der Waals surface area contributed by atoms with Crippen LogP contribution in [0, 0.1) is 13.8 Å². The lowest BCUT2D eigenvalue weighted by molar-refractivity contribution is 0.302. The van der Waals surface area contributed by atoms with Crippen LogP contribution in [0.3, 0.4) is 0 Å². The third-order valence-electron chi connectivity index (χ3n) is 4.04. The predicted octanol–water partition coefficient (Wildman–Crippen LogP) is 7.81.